The van der Waals surface area contributed by atoms with Crippen LogP contribution in [0.3, 0.4) is 0 Å². The summed E-state index contributed by atoms with van der Waals surface area (Å²) in [6, 6.07) is 0. The third-order valence-corrected chi connectivity index (χ3v) is 0.788. The van der Waals surface area contributed by atoms with Gasteiger partial charge in [-0.2, -0.15) is 0 Å². The Kier molecular flexibility index (Phi) is 10.6. The highest BCUT2D eigenvalue weighted by molar-refractivity contribution is 4.47. The predicted octanol–water partition coefficient (Wildman–Crippen LogP) is 4.09. The molecule has 15 heavy (non-hydrogen) atoms. The zero-order valence-electron chi connectivity index (χ0n) is 11.9. The smallest absolute Gasteiger partial charge is 0.155 e. The Morgan fingerprint density at radius 1 is 0.933 bits per heavy atom. The maximum Gasteiger partial charge on any atom is 0.155 e. The average molecular weight is 218 g/mol. The summed E-state index contributed by atoms with van der Waals surface area (Å²) in [6.45, 7) is 18.7. The molecule has 0 atom stereocenters. The third-order valence-electron chi connectivity index (χ3n) is 0.788. The van der Waals surface area contributed by atoms with Crippen molar-refractivity contribution in [2.45, 2.75) is 61.7 Å². The van der Waals surface area contributed by atoms with Gasteiger partial charge < -0.3 is 9.47 Å². The Morgan fingerprint density at radius 3 is 1.20 bits per heavy atom. The fourth-order valence-corrected chi connectivity index (χ4v) is 0.476. The molecule has 0 aromatic rings. The normalized spacial score (nSPS) is 16.6. The molecule has 2 nitrogen and oxygen atoms in total. The molecule has 0 radical (unpaired) electrons. The van der Waals surface area contributed by atoms with E-state index in [1.807, 2.05) is 6.92 Å². The second-order valence-electron chi connectivity index (χ2n) is 6.04. The quantitative estimate of drug-likeness (QED) is 0.609. The van der Waals surface area contributed by atoms with Crippen LogP contribution in [-0.2, 0) is 9.47 Å². The van der Waals surface area contributed by atoms with Crippen LogP contribution in [0.1, 0.15) is 55.4 Å². The fourth-order valence-electron chi connectivity index (χ4n) is 0.476. The molecule has 0 bridgehead atoms. The summed E-state index contributed by atoms with van der Waals surface area (Å²) >= 11 is 0. The Labute approximate surface area is 96.4 Å². The van der Waals surface area contributed by atoms with E-state index in [-0.39, 0.29) is 6.29 Å². The van der Waals surface area contributed by atoms with Crippen LogP contribution in [0, 0.1) is 11.3 Å². The van der Waals surface area contributed by atoms with Crippen LogP contribution in [-0.4, -0.2) is 19.5 Å². The summed E-state index contributed by atoms with van der Waals surface area (Å²) in [6.07, 6.45) is 0.0463. The van der Waals surface area contributed by atoms with E-state index in [9.17, 15) is 0 Å². The molecule has 1 aliphatic rings. The van der Waals surface area contributed by atoms with Crippen molar-refractivity contribution in [1.82, 2.24) is 0 Å². The Hall–Kier alpha value is -0.0800. The minimum atomic E-state index is 0.0463. The van der Waals surface area contributed by atoms with Crippen molar-refractivity contribution in [2.75, 3.05) is 13.2 Å². The van der Waals surface area contributed by atoms with Gasteiger partial charge in [-0.15, -0.1) is 0 Å². The van der Waals surface area contributed by atoms with Gasteiger partial charge in [0.2, 0.25) is 0 Å². The predicted molar refractivity (Wildman–Crippen MR) is 67.0 cm³/mol. The van der Waals surface area contributed by atoms with Crippen molar-refractivity contribution < 1.29 is 9.47 Å². The molecule has 1 saturated heterocycles. The molecule has 1 aliphatic heterocycles. The molecule has 0 spiro atoms. The third kappa shape index (κ3) is 41.3. The van der Waals surface area contributed by atoms with Crippen LogP contribution in [0.2, 0.25) is 0 Å². The molecule has 1 fully saturated rings. The minimum absolute atomic E-state index is 0.0463. The van der Waals surface area contributed by atoms with Crippen molar-refractivity contribution in [1.29, 1.82) is 0 Å². The number of ether oxygens (including phenoxy) is 2. The average Bonchev–Trinajstić information content (AvgIpc) is 2.33. The lowest BCUT2D eigenvalue weighted by molar-refractivity contribution is -0.0254. The van der Waals surface area contributed by atoms with E-state index in [4.69, 9.17) is 9.47 Å². The van der Waals surface area contributed by atoms with E-state index in [0.29, 0.717) is 5.41 Å². The number of hydrogen-bond acceptors (Lipinski definition) is 2. The van der Waals surface area contributed by atoms with E-state index in [1.54, 1.807) is 0 Å². The van der Waals surface area contributed by atoms with Crippen LogP contribution in [0.4, 0.5) is 0 Å². The lowest BCUT2D eigenvalue weighted by Gasteiger charge is -2.05. The summed E-state index contributed by atoms with van der Waals surface area (Å²) in [5.74, 6) is 0.833. The highest BCUT2D eigenvalue weighted by Crippen LogP contribution is 2.08. The first-order valence-electron chi connectivity index (χ1n) is 5.86. The van der Waals surface area contributed by atoms with E-state index in [1.165, 1.54) is 0 Å². The summed E-state index contributed by atoms with van der Waals surface area (Å²) in [5, 5.41) is 0. The van der Waals surface area contributed by atoms with Gasteiger partial charge in [0.05, 0.1) is 13.2 Å². The van der Waals surface area contributed by atoms with Crippen LogP contribution in [0.5, 0.6) is 0 Å². The monoisotopic (exact) mass is 218 g/mol. The van der Waals surface area contributed by atoms with Crippen molar-refractivity contribution in [3.63, 3.8) is 0 Å². The highest BCUT2D eigenvalue weighted by atomic mass is 16.7. The van der Waals surface area contributed by atoms with Gasteiger partial charge in [0, 0.05) is 0 Å². The van der Waals surface area contributed by atoms with Crippen molar-refractivity contribution >= 4 is 0 Å². The summed E-state index contributed by atoms with van der Waals surface area (Å²) in [7, 11) is 0. The second kappa shape index (κ2) is 9.17. The molecule has 1 heterocycles. The summed E-state index contributed by atoms with van der Waals surface area (Å²) in [4.78, 5) is 0. The topological polar surface area (TPSA) is 18.5 Å². The van der Waals surface area contributed by atoms with E-state index < -0.39 is 0 Å². The molecule has 0 aromatic carbocycles. The van der Waals surface area contributed by atoms with Crippen LogP contribution < -0.4 is 0 Å². The maximum atomic E-state index is 4.93. The summed E-state index contributed by atoms with van der Waals surface area (Å²) < 4.78 is 9.86. The van der Waals surface area contributed by atoms with Gasteiger partial charge in [0.25, 0.3) is 0 Å². The fraction of sp³-hybridized carbons (Fsp3) is 1.00. The van der Waals surface area contributed by atoms with Crippen LogP contribution >= 0.6 is 0 Å². The lowest BCUT2D eigenvalue weighted by atomic mass is 10.0. The van der Waals surface area contributed by atoms with Crippen molar-refractivity contribution in [2.24, 2.45) is 11.3 Å². The zero-order chi connectivity index (χ0) is 12.5. The Morgan fingerprint density at radius 2 is 1.13 bits per heavy atom. The SMILES string of the molecule is CC(C)(C)C.CC(C)C.CC1OCCO1. The zero-order valence-corrected chi connectivity index (χ0v) is 11.9. The molecular weight excluding hydrogens is 188 g/mol. The molecular formula is C13H30O2. The lowest BCUT2D eigenvalue weighted by Crippen LogP contribution is -1.97. The van der Waals surface area contributed by atoms with Gasteiger partial charge in [-0.05, 0) is 18.3 Å². The molecule has 0 amide bonds. The maximum absolute atomic E-state index is 4.93. The van der Waals surface area contributed by atoms with Gasteiger partial charge in [0.15, 0.2) is 6.29 Å². The summed E-state index contributed by atoms with van der Waals surface area (Å²) in [5.41, 5.74) is 0.500. The van der Waals surface area contributed by atoms with Gasteiger partial charge in [-0.25, -0.2) is 0 Å². The molecule has 0 saturated carbocycles. The van der Waals surface area contributed by atoms with Gasteiger partial charge in [-0.3, -0.25) is 0 Å². The number of rotatable bonds is 0. The molecule has 1 rings (SSSR count). The van der Waals surface area contributed by atoms with Gasteiger partial charge in [-0.1, -0.05) is 48.5 Å². The van der Waals surface area contributed by atoms with Crippen molar-refractivity contribution in [3.8, 4) is 0 Å². The largest absolute Gasteiger partial charge is 0.351 e. The van der Waals surface area contributed by atoms with Gasteiger partial charge in [0.1, 0.15) is 0 Å². The first-order valence-corrected chi connectivity index (χ1v) is 5.86. The second-order valence-corrected chi connectivity index (χ2v) is 6.04. The first-order chi connectivity index (χ1) is 6.63. The molecule has 0 aromatic heterocycles. The Balaban J connectivity index is 0. The van der Waals surface area contributed by atoms with Crippen LogP contribution in [0.15, 0.2) is 0 Å². The molecule has 0 unspecified atom stereocenters. The molecule has 0 N–H and O–H groups in total. The van der Waals surface area contributed by atoms with Crippen molar-refractivity contribution in [3.05, 3.63) is 0 Å². The standard InChI is InChI=1S/C5H12.C4H8O2.C4H10/c1-5(2,3)4;1-4-5-2-3-6-4;1-4(2)3/h1-4H3;4H,2-3H2,1H3;4H,1-3H3. The number of hydrogen-bond donors (Lipinski definition) is 0. The van der Waals surface area contributed by atoms with E-state index >= 15 is 0 Å². The van der Waals surface area contributed by atoms with E-state index in [0.717, 1.165) is 19.1 Å². The minimum Gasteiger partial charge on any atom is -0.351 e. The molecule has 0 aliphatic carbocycles. The van der Waals surface area contributed by atoms with E-state index in [2.05, 4.69) is 48.5 Å². The first kappa shape index (κ1) is 17.3. The highest BCUT2D eigenvalue weighted by Gasteiger charge is 2.07. The molecule has 2 heteroatoms. The van der Waals surface area contributed by atoms with Crippen LogP contribution in [0.25, 0.3) is 0 Å². The van der Waals surface area contributed by atoms with Gasteiger partial charge >= 0.3 is 0 Å². The molecule has 94 valence electrons. The Bertz CT molecular complexity index is 110.